The molecule has 4 heteroatoms. The van der Waals surface area contributed by atoms with Crippen molar-refractivity contribution in [3.63, 3.8) is 0 Å². The summed E-state index contributed by atoms with van der Waals surface area (Å²) >= 11 is 0. The van der Waals surface area contributed by atoms with E-state index >= 15 is 0 Å². The summed E-state index contributed by atoms with van der Waals surface area (Å²) < 4.78 is 6.70. The van der Waals surface area contributed by atoms with Gasteiger partial charge in [-0.1, -0.05) is 158 Å². The van der Waals surface area contributed by atoms with Gasteiger partial charge in [0.15, 0.2) is 13.9 Å². The van der Waals surface area contributed by atoms with Gasteiger partial charge in [0.05, 0.1) is 11.3 Å². The maximum absolute atomic E-state index is 6.70. The lowest BCUT2D eigenvalue weighted by molar-refractivity contribution is 0.669. The Bertz CT molecular complexity index is 2640. The lowest BCUT2D eigenvalue weighted by Gasteiger charge is -2.34. The second-order valence-corrected chi connectivity index (χ2v) is 17.4. The monoisotopic (exact) mass is 682 g/mol. The Morgan fingerprint density at radius 3 is 1.85 bits per heavy atom. The largest absolute Gasteiger partial charge is 0.455 e. The Morgan fingerprint density at radius 1 is 0.500 bits per heavy atom. The van der Waals surface area contributed by atoms with E-state index in [0.717, 1.165) is 46.2 Å². The molecule has 1 aliphatic carbocycles. The van der Waals surface area contributed by atoms with E-state index in [1.165, 1.54) is 48.4 Å². The van der Waals surface area contributed by atoms with Crippen LogP contribution in [0.15, 0.2) is 187 Å². The zero-order chi connectivity index (χ0) is 34.5. The smallest absolute Gasteiger partial charge is 0.179 e. The Labute approximate surface area is 303 Å². The van der Waals surface area contributed by atoms with Gasteiger partial charge in [0, 0.05) is 22.5 Å². The Balaban J connectivity index is 1.14. The van der Waals surface area contributed by atoms with Crippen LogP contribution in [0, 0.1) is 0 Å². The van der Waals surface area contributed by atoms with Crippen LogP contribution in [0.25, 0.3) is 55.7 Å². The van der Waals surface area contributed by atoms with Crippen LogP contribution < -0.4 is 20.7 Å². The van der Waals surface area contributed by atoms with Crippen molar-refractivity contribution in [2.75, 3.05) is 0 Å². The average Bonchev–Trinajstić information content (AvgIpc) is 3.62. The summed E-state index contributed by atoms with van der Waals surface area (Å²) in [5.41, 5.74) is 9.92. The summed E-state index contributed by atoms with van der Waals surface area (Å²) in [4.78, 5) is 10.1. The summed E-state index contributed by atoms with van der Waals surface area (Å²) in [6.45, 7) is 0. The van der Waals surface area contributed by atoms with E-state index in [1.54, 1.807) is 0 Å². The third kappa shape index (κ3) is 4.79. The molecule has 52 heavy (non-hydrogen) atoms. The first-order valence-electron chi connectivity index (χ1n) is 18.0. The predicted molar refractivity (Wildman–Crippen MR) is 217 cm³/mol. The number of nitrogens with zero attached hydrogens (tertiary/aromatic N) is 2. The molecule has 10 rings (SSSR count). The van der Waals surface area contributed by atoms with E-state index < -0.39 is 8.07 Å². The minimum Gasteiger partial charge on any atom is -0.455 e. The van der Waals surface area contributed by atoms with Gasteiger partial charge in [-0.05, 0) is 74.0 Å². The fourth-order valence-electron chi connectivity index (χ4n) is 8.50. The average molecular weight is 683 g/mol. The summed E-state index contributed by atoms with van der Waals surface area (Å²) in [7, 11) is -2.69. The molecule has 0 bridgehead atoms. The van der Waals surface area contributed by atoms with Crippen LogP contribution in [0.3, 0.4) is 0 Å². The Morgan fingerprint density at radius 2 is 1.12 bits per heavy atom. The molecule has 0 fully saturated rings. The molecule has 2 heterocycles. The van der Waals surface area contributed by atoms with Gasteiger partial charge in [0.25, 0.3) is 0 Å². The van der Waals surface area contributed by atoms with Crippen LogP contribution in [-0.2, 0) is 12.8 Å². The molecule has 7 aromatic carbocycles. The zero-order valence-corrected chi connectivity index (χ0v) is 29.5. The number of aryl methyl sites for hydroxylation is 2. The van der Waals surface area contributed by atoms with Crippen LogP contribution in [-0.4, -0.2) is 18.0 Å². The summed E-state index contributed by atoms with van der Waals surface area (Å²) in [6, 6.07) is 63.6. The molecular formula is C48H34N2OSi. The van der Waals surface area contributed by atoms with E-state index in [9.17, 15) is 0 Å². The highest BCUT2D eigenvalue weighted by atomic mass is 28.3. The molecule has 9 aromatic rings. The SMILES string of the molecule is c1ccc([Si](c2ccccc2)(c2ccccc2)c2cccc(-c3ccnc(-c4cccc5c4oc4ccc6c(c45)-c4ccccc4CC6)n3)c2)cc1. The first-order valence-corrected chi connectivity index (χ1v) is 20.0. The number of para-hydroxylation sites is 1. The summed E-state index contributed by atoms with van der Waals surface area (Å²) in [5, 5.41) is 7.60. The van der Waals surface area contributed by atoms with Gasteiger partial charge in [0.1, 0.15) is 11.2 Å². The second-order valence-electron chi connectivity index (χ2n) is 13.6. The molecule has 0 N–H and O–H groups in total. The van der Waals surface area contributed by atoms with E-state index in [4.69, 9.17) is 14.4 Å². The standard InChI is InChI=1S/C48H34N2OSi/c1-4-16-36(17-5-1)52(37-18-6-2-7-19-37,38-20-8-3-9-21-38)39-22-12-15-35(32-39)43-30-31-49-48(50-43)42-25-13-24-41-46-44(51-47(41)42)29-28-34-27-26-33-14-10-11-23-40(33)45(34)46/h1-25,28-32H,26-27H2. The van der Waals surface area contributed by atoms with Crippen LogP contribution >= 0.6 is 0 Å². The molecule has 0 amide bonds. The molecule has 0 aliphatic heterocycles. The van der Waals surface area contributed by atoms with Crippen LogP contribution in [0.2, 0.25) is 0 Å². The number of rotatable bonds is 6. The van der Waals surface area contributed by atoms with Crippen molar-refractivity contribution < 1.29 is 4.42 Å². The number of aromatic nitrogens is 2. The maximum atomic E-state index is 6.70. The van der Waals surface area contributed by atoms with Crippen LogP contribution in [0.1, 0.15) is 11.1 Å². The molecule has 0 saturated carbocycles. The van der Waals surface area contributed by atoms with Crippen LogP contribution in [0.4, 0.5) is 0 Å². The molecule has 246 valence electrons. The molecule has 1 aliphatic rings. The maximum Gasteiger partial charge on any atom is 0.179 e. The molecule has 0 radical (unpaired) electrons. The van der Waals surface area contributed by atoms with E-state index in [0.29, 0.717) is 5.82 Å². The molecule has 0 atom stereocenters. The highest BCUT2D eigenvalue weighted by Gasteiger charge is 2.41. The van der Waals surface area contributed by atoms with Gasteiger partial charge in [-0.15, -0.1) is 0 Å². The second kappa shape index (κ2) is 12.4. The first kappa shape index (κ1) is 30.5. The number of furan rings is 1. The zero-order valence-electron chi connectivity index (χ0n) is 28.5. The quantitative estimate of drug-likeness (QED) is 0.130. The topological polar surface area (TPSA) is 38.9 Å². The van der Waals surface area contributed by atoms with Gasteiger partial charge in [-0.2, -0.15) is 0 Å². The van der Waals surface area contributed by atoms with E-state index in [-0.39, 0.29) is 0 Å². The highest BCUT2D eigenvalue weighted by molar-refractivity contribution is 7.19. The van der Waals surface area contributed by atoms with Crippen molar-refractivity contribution in [1.82, 2.24) is 9.97 Å². The van der Waals surface area contributed by atoms with E-state index in [2.05, 4.69) is 170 Å². The Kier molecular flexibility index (Phi) is 7.29. The van der Waals surface area contributed by atoms with Crippen molar-refractivity contribution in [3.05, 3.63) is 193 Å². The van der Waals surface area contributed by atoms with Crippen molar-refractivity contribution in [2.45, 2.75) is 12.8 Å². The molecular weight excluding hydrogens is 649 g/mol. The van der Waals surface area contributed by atoms with Gasteiger partial charge in [-0.25, -0.2) is 9.97 Å². The lowest BCUT2D eigenvalue weighted by atomic mass is 9.83. The molecule has 2 aromatic heterocycles. The van der Waals surface area contributed by atoms with Gasteiger partial charge in [0.2, 0.25) is 0 Å². The molecule has 0 spiro atoms. The molecule has 0 saturated heterocycles. The summed E-state index contributed by atoms with van der Waals surface area (Å²) in [6.07, 6.45) is 3.96. The fourth-order valence-corrected chi connectivity index (χ4v) is 13.3. The fraction of sp³-hybridized carbons (Fsp3) is 0.0417. The molecule has 0 unspecified atom stereocenters. The normalized spacial score (nSPS) is 12.5. The third-order valence-electron chi connectivity index (χ3n) is 10.8. The molecule has 3 nitrogen and oxygen atoms in total. The van der Waals surface area contributed by atoms with Crippen molar-refractivity contribution in [1.29, 1.82) is 0 Å². The summed E-state index contributed by atoms with van der Waals surface area (Å²) in [5.74, 6) is 0.652. The Hall–Kier alpha value is -6.36. The number of benzene rings is 7. The first-order chi connectivity index (χ1) is 25.8. The van der Waals surface area contributed by atoms with Crippen molar-refractivity contribution in [3.8, 4) is 33.8 Å². The van der Waals surface area contributed by atoms with Gasteiger partial charge in [-0.3, -0.25) is 0 Å². The minimum absolute atomic E-state index is 0.652. The van der Waals surface area contributed by atoms with Crippen LogP contribution in [0.5, 0.6) is 0 Å². The number of fused-ring (bicyclic) bond motifs is 7. The lowest BCUT2D eigenvalue weighted by Crippen LogP contribution is -2.74. The number of hydrogen-bond acceptors (Lipinski definition) is 3. The van der Waals surface area contributed by atoms with Crippen molar-refractivity contribution >= 4 is 50.8 Å². The highest BCUT2D eigenvalue weighted by Crippen LogP contribution is 2.44. The number of hydrogen-bond donors (Lipinski definition) is 0. The van der Waals surface area contributed by atoms with Gasteiger partial charge < -0.3 is 4.42 Å². The minimum atomic E-state index is -2.69. The third-order valence-corrected chi connectivity index (χ3v) is 15.6. The van der Waals surface area contributed by atoms with Crippen molar-refractivity contribution in [2.24, 2.45) is 0 Å². The van der Waals surface area contributed by atoms with Gasteiger partial charge >= 0.3 is 0 Å². The van der Waals surface area contributed by atoms with E-state index in [1.807, 2.05) is 12.3 Å². The predicted octanol–water partition coefficient (Wildman–Crippen LogP) is 8.85.